The molecule has 19 heavy (non-hydrogen) atoms. The van der Waals surface area contributed by atoms with Crippen molar-refractivity contribution in [2.75, 3.05) is 26.2 Å². The van der Waals surface area contributed by atoms with Crippen molar-refractivity contribution in [3.8, 4) is 6.07 Å². The van der Waals surface area contributed by atoms with Crippen LogP contribution in [0.2, 0.25) is 0 Å². The number of hydrogen-bond donors (Lipinski definition) is 1. The molecule has 0 aliphatic carbocycles. The molecule has 1 N–H and O–H groups in total. The second-order valence-corrected chi connectivity index (χ2v) is 6.90. The van der Waals surface area contributed by atoms with Gasteiger partial charge >= 0.3 is 0 Å². The molecular formula is C16H31N3. The highest BCUT2D eigenvalue weighted by Crippen LogP contribution is 2.21. The highest BCUT2D eigenvalue weighted by Gasteiger charge is 2.20. The van der Waals surface area contributed by atoms with E-state index in [0.717, 1.165) is 25.3 Å². The van der Waals surface area contributed by atoms with Gasteiger partial charge in [-0.05, 0) is 78.9 Å². The number of nitrogens with zero attached hydrogens (tertiary/aromatic N) is 2. The third-order valence-electron chi connectivity index (χ3n) is 4.17. The minimum atomic E-state index is -0.172. The molecule has 0 aromatic carbocycles. The lowest BCUT2D eigenvalue weighted by Gasteiger charge is -2.33. The zero-order valence-electron chi connectivity index (χ0n) is 13.2. The van der Waals surface area contributed by atoms with Gasteiger partial charge in [0.2, 0.25) is 0 Å². The molecule has 0 aromatic heterocycles. The fourth-order valence-corrected chi connectivity index (χ4v) is 2.75. The Morgan fingerprint density at radius 2 is 2.16 bits per heavy atom. The van der Waals surface area contributed by atoms with Crippen molar-refractivity contribution in [1.82, 2.24) is 10.2 Å². The molecule has 1 saturated heterocycles. The smallest absolute Gasteiger partial charge is 0.0683 e. The van der Waals surface area contributed by atoms with Crippen LogP contribution in [0.5, 0.6) is 0 Å². The number of piperidine rings is 1. The Morgan fingerprint density at radius 1 is 1.42 bits per heavy atom. The van der Waals surface area contributed by atoms with Gasteiger partial charge in [0, 0.05) is 12.6 Å². The summed E-state index contributed by atoms with van der Waals surface area (Å²) >= 11 is 0. The number of hydrogen-bond acceptors (Lipinski definition) is 3. The molecule has 110 valence electrons. The molecule has 0 radical (unpaired) electrons. The molecule has 1 aliphatic rings. The van der Waals surface area contributed by atoms with Gasteiger partial charge in [0.05, 0.1) is 11.5 Å². The molecule has 3 heteroatoms. The van der Waals surface area contributed by atoms with Gasteiger partial charge in [-0.2, -0.15) is 5.26 Å². The molecule has 0 spiro atoms. The number of rotatable bonds is 7. The lowest BCUT2D eigenvalue weighted by Crippen LogP contribution is -2.41. The Bertz CT molecular complexity index is 285. The highest BCUT2D eigenvalue weighted by molar-refractivity contribution is 4.91. The molecule has 0 saturated carbocycles. The van der Waals surface area contributed by atoms with Crippen LogP contribution in [-0.2, 0) is 0 Å². The van der Waals surface area contributed by atoms with Crippen LogP contribution in [0.4, 0.5) is 0 Å². The normalized spacial score (nSPS) is 20.8. The van der Waals surface area contributed by atoms with E-state index in [1.165, 1.54) is 32.5 Å². The molecule has 1 rings (SSSR count). The summed E-state index contributed by atoms with van der Waals surface area (Å²) in [6.45, 7) is 13.3. The van der Waals surface area contributed by atoms with Crippen LogP contribution in [0.15, 0.2) is 0 Å². The number of nitrogens with one attached hydrogen (secondary N) is 1. The van der Waals surface area contributed by atoms with E-state index >= 15 is 0 Å². The fourth-order valence-electron chi connectivity index (χ4n) is 2.75. The standard InChI is InChI=1S/C16H31N3/c1-14(2)19(10-6-8-16(3,4)13-17)12-15-7-5-9-18-11-15/h14-15,18H,5-12H2,1-4H3. The van der Waals surface area contributed by atoms with Crippen LogP contribution in [0.1, 0.15) is 53.4 Å². The molecule has 3 nitrogen and oxygen atoms in total. The lowest BCUT2D eigenvalue weighted by atomic mass is 9.89. The molecule has 0 amide bonds. The molecule has 0 aromatic rings. The lowest BCUT2D eigenvalue weighted by molar-refractivity contribution is 0.164. The molecule has 1 atom stereocenters. The summed E-state index contributed by atoms with van der Waals surface area (Å²) in [5.41, 5.74) is -0.172. The van der Waals surface area contributed by atoms with Gasteiger partial charge in [0.1, 0.15) is 0 Å². The Labute approximate surface area is 119 Å². The van der Waals surface area contributed by atoms with Crippen molar-refractivity contribution >= 4 is 0 Å². The maximum atomic E-state index is 9.06. The predicted octanol–water partition coefficient (Wildman–Crippen LogP) is 3.03. The van der Waals surface area contributed by atoms with Crippen LogP contribution in [0, 0.1) is 22.7 Å². The van der Waals surface area contributed by atoms with Gasteiger partial charge in [-0.3, -0.25) is 0 Å². The van der Waals surface area contributed by atoms with Gasteiger partial charge < -0.3 is 10.2 Å². The van der Waals surface area contributed by atoms with Gasteiger partial charge in [-0.1, -0.05) is 0 Å². The predicted molar refractivity (Wildman–Crippen MR) is 80.9 cm³/mol. The van der Waals surface area contributed by atoms with E-state index in [1.807, 2.05) is 13.8 Å². The summed E-state index contributed by atoms with van der Waals surface area (Å²) in [6, 6.07) is 3.00. The van der Waals surface area contributed by atoms with E-state index < -0.39 is 0 Å². The largest absolute Gasteiger partial charge is 0.316 e. The Balaban J connectivity index is 2.34. The zero-order chi connectivity index (χ0) is 14.3. The second-order valence-electron chi connectivity index (χ2n) is 6.90. The van der Waals surface area contributed by atoms with Crippen molar-refractivity contribution in [2.45, 2.75) is 59.4 Å². The topological polar surface area (TPSA) is 39.1 Å². The second kappa shape index (κ2) is 7.87. The first-order valence-electron chi connectivity index (χ1n) is 7.80. The molecule has 0 bridgehead atoms. The van der Waals surface area contributed by atoms with Gasteiger partial charge in [-0.15, -0.1) is 0 Å². The maximum absolute atomic E-state index is 9.06. The zero-order valence-corrected chi connectivity index (χ0v) is 13.2. The van der Waals surface area contributed by atoms with Crippen LogP contribution in [0.25, 0.3) is 0 Å². The van der Waals surface area contributed by atoms with Gasteiger partial charge in [0.15, 0.2) is 0 Å². The molecule has 1 heterocycles. The van der Waals surface area contributed by atoms with Crippen LogP contribution in [-0.4, -0.2) is 37.1 Å². The first-order chi connectivity index (χ1) is 8.94. The van der Waals surface area contributed by atoms with Crippen LogP contribution >= 0.6 is 0 Å². The summed E-state index contributed by atoms with van der Waals surface area (Å²) in [5, 5.41) is 12.6. The van der Waals surface area contributed by atoms with E-state index in [-0.39, 0.29) is 5.41 Å². The number of nitriles is 1. The Hall–Kier alpha value is -0.590. The van der Waals surface area contributed by atoms with Crippen molar-refractivity contribution in [3.63, 3.8) is 0 Å². The van der Waals surface area contributed by atoms with Crippen LogP contribution in [0.3, 0.4) is 0 Å². The summed E-state index contributed by atoms with van der Waals surface area (Å²) in [4.78, 5) is 2.59. The first-order valence-corrected chi connectivity index (χ1v) is 7.80. The monoisotopic (exact) mass is 265 g/mol. The van der Waals surface area contributed by atoms with Crippen LogP contribution < -0.4 is 5.32 Å². The Morgan fingerprint density at radius 3 is 2.68 bits per heavy atom. The maximum Gasteiger partial charge on any atom is 0.0683 e. The average molecular weight is 265 g/mol. The minimum absolute atomic E-state index is 0.172. The van der Waals surface area contributed by atoms with Crippen molar-refractivity contribution in [2.24, 2.45) is 11.3 Å². The summed E-state index contributed by atoms with van der Waals surface area (Å²) in [6.07, 6.45) is 4.80. The molecule has 1 fully saturated rings. The molecule has 1 aliphatic heterocycles. The van der Waals surface area contributed by atoms with Crippen molar-refractivity contribution in [1.29, 1.82) is 5.26 Å². The van der Waals surface area contributed by atoms with Gasteiger partial charge in [0.25, 0.3) is 0 Å². The van der Waals surface area contributed by atoms with Crippen molar-refractivity contribution in [3.05, 3.63) is 0 Å². The highest BCUT2D eigenvalue weighted by atomic mass is 15.1. The average Bonchev–Trinajstić information content (AvgIpc) is 2.38. The molecule has 1 unspecified atom stereocenters. The quantitative estimate of drug-likeness (QED) is 0.769. The third kappa shape index (κ3) is 6.40. The van der Waals surface area contributed by atoms with Gasteiger partial charge in [-0.25, -0.2) is 0 Å². The Kier molecular flexibility index (Phi) is 6.82. The SMILES string of the molecule is CC(C)N(CCCC(C)(C)C#N)CC1CCCNC1. The van der Waals surface area contributed by atoms with Crippen molar-refractivity contribution < 1.29 is 0 Å². The minimum Gasteiger partial charge on any atom is -0.316 e. The summed E-state index contributed by atoms with van der Waals surface area (Å²) in [5.74, 6) is 0.806. The van der Waals surface area contributed by atoms with E-state index in [2.05, 4.69) is 30.1 Å². The fraction of sp³-hybridized carbons (Fsp3) is 0.938. The van der Waals surface area contributed by atoms with E-state index in [4.69, 9.17) is 5.26 Å². The first kappa shape index (κ1) is 16.5. The van der Waals surface area contributed by atoms with E-state index in [0.29, 0.717) is 6.04 Å². The van der Waals surface area contributed by atoms with E-state index in [9.17, 15) is 0 Å². The third-order valence-corrected chi connectivity index (χ3v) is 4.17. The molecular weight excluding hydrogens is 234 g/mol. The van der Waals surface area contributed by atoms with E-state index in [1.54, 1.807) is 0 Å². The summed E-state index contributed by atoms with van der Waals surface area (Å²) < 4.78 is 0. The summed E-state index contributed by atoms with van der Waals surface area (Å²) in [7, 11) is 0.